The Kier molecular flexibility index (Phi) is 3.64. The lowest BCUT2D eigenvalue weighted by Crippen LogP contribution is -2.64. The molecule has 0 amide bonds. The van der Waals surface area contributed by atoms with Gasteiger partial charge in [-0.25, -0.2) is 0 Å². The largest absolute Gasteiger partial charge is 0.364 e. The van der Waals surface area contributed by atoms with Crippen LogP contribution in [-0.2, 0) is 0 Å². The van der Waals surface area contributed by atoms with Gasteiger partial charge in [-0.2, -0.15) is 0 Å². The molecule has 1 aliphatic heterocycles. The highest BCUT2D eigenvalue weighted by Gasteiger charge is 2.36. The summed E-state index contributed by atoms with van der Waals surface area (Å²) in [6, 6.07) is 9.17. The molecule has 3 nitrogen and oxygen atoms in total. The van der Waals surface area contributed by atoms with Gasteiger partial charge in [0.05, 0.1) is 6.04 Å². The fourth-order valence-corrected chi connectivity index (χ4v) is 2.57. The summed E-state index contributed by atoms with van der Waals surface area (Å²) in [6.07, 6.45) is 0. The molecule has 2 rings (SSSR count). The number of aryl methyl sites for hydroxylation is 1. The number of anilines is 1. The molecule has 1 unspecified atom stereocenters. The van der Waals surface area contributed by atoms with E-state index >= 15 is 0 Å². The Morgan fingerprint density at radius 3 is 2.44 bits per heavy atom. The summed E-state index contributed by atoms with van der Waals surface area (Å²) < 4.78 is 0. The number of hydrogen-bond acceptors (Lipinski definition) is 3. The van der Waals surface area contributed by atoms with Crippen LogP contribution in [0.2, 0.25) is 0 Å². The normalized spacial score (nSPS) is 24.3. The topological polar surface area (TPSA) is 32.5 Å². The van der Waals surface area contributed by atoms with Crippen molar-refractivity contribution >= 4 is 5.69 Å². The van der Waals surface area contributed by atoms with Gasteiger partial charge >= 0.3 is 0 Å². The summed E-state index contributed by atoms with van der Waals surface area (Å²) >= 11 is 0. The lowest BCUT2D eigenvalue weighted by molar-refractivity contribution is 0.116. The maximum atomic E-state index is 5.94. The van der Waals surface area contributed by atoms with Crippen molar-refractivity contribution in [1.82, 2.24) is 4.90 Å². The molecular formula is C15H25N3. The molecule has 3 heteroatoms. The quantitative estimate of drug-likeness (QED) is 0.866. The van der Waals surface area contributed by atoms with E-state index in [0.29, 0.717) is 12.6 Å². The van der Waals surface area contributed by atoms with Gasteiger partial charge < -0.3 is 10.6 Å². The Labute approximate surface area is 111 Å². The van der Waals surface area contributed by atoms with Crippen LogP contribution in [0.25, 0.3) is 0 Å². The van der Waals surface area contributed by atoms with Crippen LogP contribution in [0.4, 0.5) is 5.69 Å². The average Bonchev–Trinajstić information content (AvgIpc) is 2.33. The van der Waals surface area contributed by atoms with Crippen LogP contribution in [0, 0.1) is 6.92 Å². The maximum absolute atomic E-state index is 5.94. The molecule has 1 fully saturated rings. The highest BCUT2D eigenvalue weighted by atomic mass is 15.3. The highest BCUT2D eigenvalue weighted by Crippen LogP contribution is 2.27. The molecular weight excluding hydrogens is 222 g/mol. The summed E-state index contributed by atoms with van der Waals surface area (Å²) in [7, 11) is 2.19. The van der Waals surface area contributed by atoms with E-state index in [4.69, 9.17) is 5.73 Å². The Morgan fingerprint density at radius 2 is 1.89 bits per heavy atom. The molecule has 1 aromatic carbocycles. The fraction of sp³-hybridized carbons (Fsp3) is 0.600. The molecule has 0 spiro atoms. The van der Waals surface area contributed by atoms with E-state index in [1.54, 1.807) is 0 Å². The summed E-state index contributed by atoms with van der Waals surface area (Å²) in [5.41, 5.74) is 8.73. The summed E-state index contributed by atoms with van der Waals surface area (Å²) in [6.45, 7) is 9.46. The van der Waals surface area contributed by atoms with Gasteiger partial charge in [-0.05, 0) is 40.0 Å². The predicted molar refractivity (Wildman–Crippen MR) is 78.1 cm³/mol. The van der Waals surface area contributed by atoms with Gasteiger partial charge in [0.1, 0.15) is 0 Å². The van der Waals surface area contributed by atoms with Crippen LogP contribution in [-0.4, -0.2) is 43.2 Å². The van der Waals surface area contributed by atoms with Gasteiger partial charge in [0, 0.05) is 30.9 Å². The molecule has 0 radical (unpaired) electrons. The average molecular weight is 247 g/mol. The summed E-state index contributed by atoms with van der Waals surface area (Å²) in [5, 5.41) is 0. The molecule has 1 aliphatic rings. The van der Waals surface area contributed by atoms with Crippen molar-refractivity contribution in [2.45, 2.75) is 32.4 Å². The van der Waals surface area contributed by atoms with Crippen molar-refractivity contribution in [2.75, 3.05) is 31.6 Å². The number of hydrogen-bond donors (Lipinski definition) is 1. The molecule has 0 saturated carbocycles. The van der Waals surface area contributed by atoms with Gasteiger partial charge in [0.15, 0.2) is 0 Å². The van der Waals surface area contributed by atoms with E-state index in [2.05, 4.69) is 61.9 Å². The number of piperazine rings is 1. The molecule has 0 aromatic heterocycles. The van der Waals surface area contributed by atoms with Gasteiger partial charge in [0.25, 0.3) is 0 Å². The molecule has 100 valence electrons. The maximum Gasteiger partial charge on any atom is 0.0540 e. The third-order valence-electron chi connectivity index (χ3n) is 4.15. The number of benzene rings is 1. The Morgan fingerprint density at radius 1 is 1.28 bits per heavy atom. The number of nitrogens with zero attached hydrogens (tertiary/aromatic N) is 2. The number of likely N-dealkylation sites (N-methyl/N-ethyl adjacent to an activating group) is 1. The molecule has 1 heterocycles. The Balaban J connectivity index is 2.26. The van der Waals surface area contributed by atoms with Crippen molar-refractivity contribution in [3.8, 4) is 0 Å². The van der Waals surface area contributed by atoms with Crippen LogP contribution in [0.3, 0.4) is 0 Å². The third-order valence-corrected chi connectivity index (χ3v) is 4.15. The highest BCUT2D eigenvalue weighted by molar-refractivity contribution is 5.50. The van der Waals surface area contributed by atoms with Crippen LogP contribution in [0.1, 0.15) is 19.4 Å². The van der Waals surface area contributed by atoms with E-state index in [1.807, 2.05) is 0 Å². The Bertz CT molecular complexity index is 397. The van der Waals surface area contributed by atoms with Crippen molar-refractivity contribution in [3.63, 3.8) is 0 Å². The monoisotopic (exact) mass is 247 g/mol. The minimum Gasteiger partial charge on any atom is -0.364 e. The van der Waals surface area contributed by atoms with Crippen molar-refractivity contribution in [3.05, 3.63) is 29.8 Å². The first-order valence-electron chi connectivity index (χ1n) is 6.68. The smallest absolute Gasteiger partial charge is 0.0540 e. The molecule has 0 aliphatic carbocycles. The van der Waals surface area contributed by atoms with Crippen molar-refractivity contribution < 1.29 is 0 Å². The van der Waals surface area contributed by atoms with Gasteiger partial charge in [-0.15, -0.1) is 0 Å². The zero-order chi connectivity index (χ0) is 13.3. The van der Waals surface area contributed by atoms with E-state index in [-0.39, 0.29) is 5.54 Å². The second-order valence-corrected chi connectivity index (χ2v) is 6.05. The minimum absolute atomic E-state index is 0.191. The summed E-state index contributed by atoms with van der Waals surface area (Å²) in [5.74, 6) is 0. The standard InChI is InChI=1S/C15H25N3/c1-12-5-7-13(8-6-12)18-11-15(2,3)17(4)10-14(18)9-16/h5-8,14H,9-11,16H2,1-4H3. The molecule has 1 aromatic rings. The zero-order valence-corrected chi connectivity index (χ0v) is 12.0. The van der Waals surface area contributed by atoms with Gasteiger partial charge in [0.2, 0.25) is 0 Å². The first-order valence-corrected chi connectivity index (χ1v) is 6.68. The first-order chi connectivity index (χ1) is 8.44. The molecule has 2 N–H and O–H groups in total. The molecule has 0 bridgehead atoms. The van der Waals surface area contributed by atoms with Gasteiger partial charge in [-0.1, -0.05) is 17.7 Å². The van der Waals surface area contributed by atoms with Crippen LogP contribution in [0.5, 0.6) is 0 Å². The second-order valence-electron chi connectivity index (χ2n) is 6.05. The molecule has 1 saturated heterocycles. The molecule has 1 atom stereocenters. The van der Waals surface area contributed by atoms with E-state index in [1.165, 1.54) is 11.3 Å². The van der Waals surface area contributed by atoms with Crippen molar-refractivity contribution in [2.24, 2.45) is 5.73 Å². The van der Waals surface area contributed by atoms with Crippen LogP contribution < -0.4 is 10.6 Å². The molecule has 18 heavy (non-hydrogen) atoms. The summed E-state index contributed by atoms with van der Waals surface area (Å²) in [4.78, 5) is 4.87. The zero-order valence-electron chi connectivity index (χ0n) is 12.0. The number of rotatable bonds is 2. The minimum atomic E-state index is 0.191. The van der Waals surface area contributed by atoms with Crippen LogP contribution >= 0.6 is 0 Å². The number of nitrogens with two attached hydrogens (primary N) is 1. The van der Waals surface area contributed by atoms with E-state index < -0.39 is 0 Å². The predicted octanol–water partition coefficient (Wildman–Crippen LogP) is 1.85. The van der Waals surface area contributed by atoms with E-state index in [9.17, 15) is 0 Å². The first kappa shape index (κ1) is 13.4. The lowest BCUT2D eigenvalue weighted by Gasteiger charge is -2.50. The van der Waals surface area contributed by atoms with E-state index in [0.717, 1.165) is 13.1 Å². The second kappa shape index (κ2) is 4.90. The lowest BCUT2D eigenvalue weighted by atomic mass is 9.95. The SMILES string of the molecule is Cc1ccc(N2CC(C)(C)N(C)CC2CN)cc1. The van der Waals surface area contributed by atoms with Crippen LogP contribution in [0.15, 0.2) is 24.3 Å². The fourth-order valence-electron chi connectivity index (χ4n) is 2.57. The van der Waals surface area contributed by atoms with Crippen molar-refractivity contribution in [1.29, 1.82) is 0 Å². The van der Waals surface area contributed by atoms with Gasteiger partial charge in [-0.3, -0.25) is 4.90 Å². The third kappa shape index (κ3) is 2.52. The Hall–Kier alpha value is -1.06.